The molecule has 0 saturated heterocycles. The molecule has 1 heterocycles. The average molecular weight is 234 g/mol. The minimum absolute atomic E-state index is 0.0908. The summed E-state index contributed by atoms with van der Waals surface area (Å²) in [6, 6.07) is 0. The molecule has 15 heavy (non-hydrogen) atoms. The summed E-state index contributed by atoms with van der Waals surface area (Å²) in [6.45, 7) is 0. The van der Waals surface area contributed by atoms with Gasteiger partial charge in [0.25, 0.3) is 0 Å². The number of carbonyl (C=O) groups excluding carboxylic acids is 1. The van der Waals surface area contributed by atoms with Crippen LogP contribution < -0.4 is 0 Å². The Balaban J connectivity index is 2.64. The second kappa shape index (κ2) is 3.03. The molecule has 0 aromatic rings. The quantitative estimate of drug-likeness (QED) is 0.589. The summed E-state index contributed by atoms with van der Waals surface area (Å²) >= 11 is 5.36. The number of allylic oxidation sites excluding steroid dienone is 3. The van der Waals surface area contributed by atoms with E-state index in [1.165, 1.54) is 0 Å². The van der Waals surface area contributed by atoms with Gasteiger partial charge in [-0.05, 0) is 6.08 Å². The van der Waals surface area contributed by atoms with Gasteiger partial charge >= 0.3 is 6.18 Å². The molecule has 0 amide bonds. The van der Waals surface area contributed by atoms with E-state index < -0.39 is 28.3 Å². The first kappa shape index (κ1) is 10.1. The Morgan fingerprint density at radius 2 is 2.07 bits per heavy atom. The van der Waals surface area contributed by atoms with Gasteiger partial charge in [-0.25, -0.2) is 9.98 Å². The third-order valence-corrected chi connectivity index (χ3v) is 2.08. The van der Waals surface area contributed by atoms with Crippen molar-refractivity contribution in [3.8, 4) is 0 Å². The van der Waals surface area contributed by atoms with Gasteiger partial charge in [0.15, 0.2) is 6.34 Å². The van der Waals surface area contributed by atoms with Crippen LogP contribution >= 0.6 is 11.6 Å². The van der Waals surface area contributed by atoms with Crippen molar-refractivity contribution in [2.75, 3.05) is 0 Å². The van der Waals surface area contributed by atoms with Gasteiger partial charge in [0.1, 0.15) is 11.3 Å². The first-order chi connectivity index (χ1) is 6.91. The number of fused-ring (bicyclic) bond motifs is 1. The molecule has 2 rings (SSSR count). The van der Waals surface area contributed by atoms with Crippen LogP contribution in [0.5, 0.6) is 0 Å². The van der Waals surface area contributed by atoms with Crippen molar-refractivity contribution in [1.29, 1.82) is 0 Å². The average Bonchev–Trinajstić information content (AvgIpc) is 2.50. The molecule has 1 radical (unpaired) electrons. The third kappa shape index (κ3) is 1.50. The molecule has 0 bridgehead atoms. The zero-order valence-corrected chi connectivity index (χ0v) is 7.65. The second-order valence-electron chi connectivity index (χ2n) is 2.75. The number of nitrogens with zero attached hydrogens (tertiary/aromatic N) is 2. The standard InChI is InChI=1S/C8HClF3N2O/c9-3-1-4-6(14-2-13-4)5(7(3)15)8(10,11)12/h1H. The van der Waals surface area contributed by atoms with E-state index >= 15 is 0 Å². The molecular formula is C8HClF3N2O. The molecule has 0 fully saturated rings. The summed E-state index contributed by atoms with van der Waals surface area (Å²) in [5, 5.41) is -0.524. The fraction of sp³-hybridized carbons (Fsp3) is 0.125. The van der Waals surface area contributed by atoms with Crippen molar-refractivity contribution in [2.24, 2.45) is 9.98 Å². The van der Waals surface area contributed by atoms with Crippen LogP contribution in [-0.4, -0.2) is 24.0 Å². The second-order valence-corrected chi connectivity index (χ2v) is 3.16. The normalized spacial score (nSPS) is 20.4. The Hall–Kier alpha value is -1.43. The lowest BCUT2D eigenvalue weighted by atomic mass is 9.99. The highest BCUT2D eigenvalue weighted by Gasteiger charge is 2.45. The van der Waals surface area contributed by atoms with Crippen molar-refractivity contribution >= 4 is 29.4 Å². The number of rotatable bonds is 0. The van der Waals surface area contributed by atoms with Gasteiger partial charge < -0.3 is 0 Å². The molecule has 2 aliphatic rings. The number of alkyl halides is 3. The molecular weight excluding hydrogens is 233 g/mol. The molecule has 3 nitrogen and oxygen atoms in total. The highest BCUT2D eigenvalue weighted by Crippen LogP contribution is 2.36. The molecule has 77 valence electrons. The molecule has 7 heteroatoms. The fourth-order valence-electron chi connectivity index (χ4n) is 1.20. The van der Waals surface area contributed by atoms with Gasteiger partial charge in [-0.15, -0.1) is 0 Å². The highest BCUT2D eigenvalue weighted by atomic mass is 35.5. The predicted octanol–water partition coefficient (Wildman–Crippen LogP) is 1.87. The largest absolute Gasteiger partial charge is 0.422 e. The van der Waals surface area contributed by atoms with E-state index in [-0.39, 0.29) is 5.71 Å². The SMILES string of the molecule is O=C1C(Cl)=CC2=N[C]=NC2=C1C(F)(F)F. The molecule has 0 atom stereocenters. The summed E-state index contributed by atoms with van der Waals surface area (Å²) in [7, 11) is 0. The number of halogens is 4. The maximum Gasteiger partial charge on any atom is 0.422 e. The molecule has 0 aromatic carbocycles. The lowest BCUT2D eigenvalue weighted by Gasteiger charge is -2.15. The smallest absolute Gasteiger partial charge is 0.288 e. The van der Waals surface area contributed by atoms with Crippen molar-refractivity contribution in [1.82, 2.24) is 0 Å². The Morgan fingerprint density at radius 1 is 1.40 bits per heavy atom. The van der Waals surface area contributed by atoms with Crippen LogP contribution in [0.25, 0.3) is 0 Å². The number of hydrogen-bond donors (Lipinski definition) is 0. The van der Waals surface area contributed by atoms with Gasteiger partial charge in [-0.1, -0.05) is 11.6 Å². The lowest BCUT2D eigenvalue weighted by molar-refractivity contribution is -0.125. The van der Waals surface area contributed by atoms with Gasteiger partial charge in [-0.3, -0.25) is 4.79 Å². The van der Waals surface area contributed by atoms with Crippen LogP contribution in [0.2, 0.25) is 0 Å². The van der Waals surface area contributed by atoms with Crippen LogP contribution in [0, 0.1) is 0 Å². The third-order valence-electron chi connectivity index (χ3n) is 1.80. The van der Waals surface area contributed by atoms with Crippen molar-refractivity contribution < 1.29 is 18.0 Å². The molecule has 0 unspecified atom stereocenters. The van der Waals surface area contributed by atoms with Gasteiger partial charge in [0, 0.05) is 0 Å². The van der Waals surface area contributed by atoms with Gasteiger partial charge in [0.05, 0.1) is 10.7 Å². The summed E-state index contributed by atoms with van der Waals surface area (Å²) in [5.74, 6) is -1.29. The highest BCUT2D eigenvalue weighted by molar-refractivity contribution is 6.49. The fourth-order valence-corrected chi connectivity index (χ4v) is 1.40. The molecule has 0 aromatic heterocycles. The maximum atomic E-state index is 12.5. The monoisotopic (exact) mass is 233 g/mol. The van der Waals surface area contributed by atoms with E-state index in [4.69, 9.17) is 11.6 Å². The first-order valence-corrected chi connectivity index (χ1v) is 4.06. The summed E-state index contributed by atoms with van der Waals surface area (Å²) in [4.78, 5) is 17.9. The van der Waals surface area contributed by atoms with E-state index in [9.17, 15) is 18.0 Å². The van der Waals surface area contributed by atoms with E-state index in [1.807, 2.05) is 6.34 Å². The van der Waals surface area contributed by atoms with E-state index in [0.717, 1.165) is 6.08 Å². The summed E-state index contributed by atoms with van der Waals surface area (Å²) < 4.78 is 37.5. The number of ketones is 1. The van der Waals surface area contributed by atoms with Gasteiger partial charge in [-0.2, -0.15) is 13.2 Å². The molecule has 0 N–H and O–H groups in total. The molecule has 0 spiro atoms. The predicted molar refractivity (Wildman–Crippen MR) is 46.9 cm³/mol. The molecule has 0 saturated carbocycles. The van der Waals surface area contributed by atoms with E-state index in [2.05, 4.69) is 9.98 Å². The lowest BCUT2D eigenvalue weighted by Crippen LogP contribution is -2.26. The van der Waals surface area contributed by atoms with Crippen LogP contribution in [0.1, 0.15) is 0 Å². The van der Waals surface area contributed by atoms with Crippen LogP contribution in [0.3, 0.4) is 0 Å². The minimum Gasteiger partial charge on any atom is -0.288 e. The zero-order valence-electron chi connectivity index (χ0n) is 6.89. The van der Waals surface area contributed by atoms with Crippen molar-refractivity contribution in [2.45, 2.75) is 6.18 Å². The van der Waals surface area contributed by atoms with Crippen molar-refractivity contribution in [3.63, 3.8) is 0 Å². The van der Waals surface area contributed by atoms with E-state index in [0.29, 0.717) is 0 Å². The van der Waals surface area contributed by atoms with E-state index in [1.54, 1.807) is 0 Å². The van der Waals surface area contributed by atoms with Crippen LogP contribution in [-0.2, 0) is 4.79 Å². The molecule has 1 aliphatic carbocycles. The number of aliphatic imine (C=N–C) groups is 2. The topological polar surface area (TPSA) is 41.8 Å². The maximum absolute atomic E-state index is 12.5. The summed E-state index contributed by atoms with van der Waals surface area (Å²) in [5.41, 5.74) is -2.00. The Labute approximate surface area is 86.7 Å². The van der Waals surface area contributed by atoms with Crippen LogP contribution in [0.4, 0.5) is 13.2 Å². The Bertz CT molecular complexity index is 471. The number of Topliss-reactive ketones (excluding diaryl/α,β-unsaturated/α-hetero) is 1. The first-order valence-electron chi connectivity index (χ1n) is 3.68. The van der Waals surface area contributed by atoms with Crippen molar-refractivity contribution in [3.05, 3.63) is 22.4 Å². The van der Waals surface area contributed by atoms with Crippen LogP contribution in [0.15, 0.2) is 32.4 Å². The zero-order chi connectivity index (χ0) is 11.2. The number of hydrogen-bond acceptors (Lipinski definition) is 3. The minimum atomic E-state index is -4.79. The summed E-state index contributed by atoms with van der Waals surface area (Å²) in [6.07, 6.45) is -1.75. The number of carbonyl (C=O) groups is 1. The molecule has 1 aliphatic heterocycles. The Kier molecular flexibility index (Phi) is 2.04. The Morgan fingerprint density at radius 3 is 2.67 bits per heavy atom. The van der Waals surface area contributed by atoms with Gasteiger partial charge in [0.2, 0.25) is 5.78 Å².